The molecule has 0 spiro atoms. The fourth-order valence-corrected chi connectivity index (χ4v) is 1.90. The monoisotopic (exact) mass is 209 g/mol. The van der Waals surface area contributed by atoms with Crippen molar-refractivity contribution < 1.29 is 4.39 Å². The Kier molecular flexibility index (Phi) is 3.86. The molecule has 0 aliphatic heterocycles. The first-order chi connectivity index (χ1) is 7.00. The van der Waals surface area contributed by atoms with E-state index in [1.54, 1.807) is 12.1 Å². The van der Waals surface area contributed by atoms with Gasteiger partial charge < -0.3 is 5.73 Å². The summed E-state index contributed by atoms with van der Waals surface area (Å²) in [4.78, 5) is 0. The largest absolute Gasteiger partial charge is 0.321 e. The molecule has 0 fully saturated rings. The lowest BCUT2D eigenvalue weighted by molar-refractivity contribution is 0.294. The summed E-state index contributed by atoms with van der Waals surface area (Å²) in [5, 5.41) is 0. The van der Waals surface area contributed by atoms with Crippen molar-refractivity contribution >= 4 is 0 Å². The van der Waals surface area contributed by atoms with Crippen LogP contribution in [-0.2, 0) is 5.54 Å². The molecule has 1 aromatic rings. The van der Waals surface area contributed by atoms with Crippen LogP contribution in [0.3, 0.4) is 0 Å². The summed E-state index contributed by atoms with van der Waals surface area (Å²) in [5.41, 5.74) is 6.26. The zero-order chi connectivity index (χ0) is 11.5. The molecule has 0 aliphatic rings. The van der Waals surface area contributed by atoms with Crippen LogP contribution in [0.1, 0.15) is 39.2 Å². The highest BCUT2D eigenvalue weighted by atomic mass is 19.1. The van der Waals surface area contributed by atoms with Crippen LogP contribution in [0.4, 0.5) is 4.39 Å². The van der Waals surface area contributed by atoms with E-state index in [0.717, 1.165) is 12.8 Å². The molecule has 0 saturated carbocycles. The first kappa shape index (κ1) is 12.2. The molecule has 1 nitrogen and oxygen atoms in total. The first-order valence-electron chi connectivity index (χ1n) is 5.54. The Hall–Kier alpha value is -0.890. The molecule has 1 rings (SSSR count). The number of hydrogen-bond acceptors (Lipinski definition) is 1. The maximum absolute atomic E-state index is 13.6. The number of halogens is 1. The topological polar surface area (TPSA) is 26.0 Å². The van der Waals surface area contributed by atoms with Gasteiger partial charge in [-0.2, -0.15) is 0 Å². The molecule has 1 aromatic carbocycles. The van der Waals surface area contributed by atoms with Crippen molar-refractivity contribution in [3.63, 3.8) is 0 Å². The molecule has 0 aromatic heterocycles. The summed E-state index contributed by atoms with van der Waals surface area (Å²) in [5.74, 6) is 0.0739. The predicted octanol–water partition coefficient (Wildman–Crippen LogP) is 3.44. The van der Waals surface area contributed by atoms with E-state index in [2.05, 4.69) is 13.8 Å². The second-order valence-electron chi connectivity index (χ2n) is 4.45. The predicted molar refractivity (Wildman–Crippen MR) is 62.0 cm³/mol. The zero-order valence-electron chi connectivity index (χ0n) is 9.76. The molecular weight excluding hydrogens is 189 g/mol. The summed E-state index contributed by atoms with van der Waals surface area (Å²) in [6.45, 7) is 6.11. The normalized spacial score (nSPS) is 17.1. The van der Waals surface area contributed by atoms with Gasteiger partial charge in [0.15, 0.2) is 0 Å². The summed E-state index contributed by atoms with van der Waals surface area (Å²) in [7, 11) is 0. The molecule has 84 valence electrons. The zero-order valence-corrected chi connectivity index (χ0v) is 9.76. The van der Waals surface area contributed by atoms with Gasteiger partial charge in [-0.15, -0.1) is 0 Å². The number of benzene rings is 1. The maximum Gasteiger partial charge on any atom is 0.128 e. The third kappa shape index (κ3) is 2.57. The molecule has 0 bridgehead atoms. The summed E-state index contributed by atoms with van der Waals surface area (Å²) in [6.07, 6.45) is 2.09. The van der Waals surface area contributed by atoms with Gasteiger partial charge in [0.05, 0.1) is 0 Å². The second-order valence-corrected chi connectivity index (χ2v) is 4.45. The van der Waals surface area contributed by atoms with Crippen molar-refractivity contribution in [3.05, 3.63) is 35.6 Å². The number of nitrogens with two attached hydrogens (primary N) is 1. The van der Waals surface area contributed by atoms with Crippen LogP contribution >= 0.6 is 0 Å². The lowest BCUT2D eigenvalue weighted by Crippen LogP contribution is -2.40. The lowest BCUT2D eigenvalue weighted by Gasteiger charge is -2.32. The molecule has 0 aliphatic carbocycles. The van der Waals surface area contributed by atoms with Crippen molar-refractivity contribution in [3.8, 4) is 0 Å². The molecule has 2 atom stereocenters. The van der Waals surface area contributed by atoms with Crippen molar-refractivity contribution in [2.24, 2.45) is 11.7 Å². The van der Waals surface area contributed by atoms with Gasteiger partial charge in [-0.3, -0.25) is 0 Å². The molecule has 15 heavy (non-hydrogen) atoms. The molecule has 0 saturated heterocycles. The quantitative estimate of drug-likeness (QED) is 0.807. The number of rotatable bonds is 4. The summed E-state index contributed by atoms with van der Waals surface area (Å²) < 4.78 is 13.6. The smallest absolute Gasteiger partial charge is 0.128 e. The summed E-state index contributed by atoms with van der Waals surface area (Å²) in [6, 6.07) is 6.78. The van der Waals surface area contributed by atoms with Crippen molar-refractivity contribution in [2.75, 3.05) is 0 Å². The van der Waals surface area contributed by atoms with E-state index in [1.165, 1.54) is 6.07 Å². The Morgan fingerprint density at radius 1 is 1.40 bits per heavy atom. The van der Waals surface area contributed by atoms with Gasteiger partial charge in [0.1, 0.15) is 5.82 Å². The average molecular weight is 209 g/mol. The third-order valence-corrected chi connectivity index (χ3v) is 3.20. The van der Waals surface area contributed by atoms with E-state index in [1.807, 2.05) is 13.0 Å². The molecule has 2 heteroatoms. The van der Waals surface area contributed by atoms with Crippen molar-refractivity contribution in [2.45, 2.75) is 39.2 Å². The minimum atomic E-state index is -0.582. The molecule has 0 amide bonds. The van der Waals surface area contributed by atoms with Gasteiger partial charge >= 0.3 is 0 Å². The van der Waals surface area contributed by atoms with Gasteiger partial charge in [0.2, 0.25) is 0 Å². The van der Waals surface area contributed by atoms with Crippen LogP contribution < -0.4 is 5.73 Å². The van der Waals surface area contributed by atoms with Crippen LogP contribution in [-0.4, -0.2) is 0 Å². The highest BCUT2D eigenvalue weighted by Crippen LogP contribution is 2.31. The van der Waals surface area contributed by atoms with E-state index in [0.29, 0.717) is 5.56 Å². The minimum absolute atomic E-state index is 0.203. The Morgan fingerprint density at radius 2 is 2.00 bits per heavy atom. The molecular formula is C13H20FN. The second kappa shape index (κ2) is 4.75. The Labute approximate surface area is 91.5 Å². The fourth-order valence-electron chi connectivity index (χ4n) is 1.90. The maximum atomic E-state index is 13.6. The Balaban J connectivity index is 2.99. The van der Waals surface area contributed by atoms with Gasteiger partial charge in [-0.1, -0.05) is 38.5 Å². The van der Waals surface area contributed by atoms with E-state index >= 15 is 0 Å². The molecule has 0 heterocycles. The van der Waals surface area contributed by atoms with Crippen LogP contribution in [0.5, 0.6) is 0 Å². The standard InChI is InChI=1S/C13H20FN/c1-4-7-10(2)13(3,15)11-8-5-6-9-12(11)14/h5-6,8-10H,4,7,15H2,1-3H3. The first-order valence-corrected chi connectivity index (χ1v) is 5.54. The number of hydrogen-bond donors (Lipinski definition) is 1. The van der Waals surface area contributed by atoms with Gasteiger partial charge in [0.25, 0.3) is 0 Å². The average Bonchev–Trinajstić information content (AvgIpc) is 2.18. The fraction of sp³-hybridized carbons (Fsp3) is 0.538. The van der Waals surface area contributed by atoms with E-state index in [9.17, 15) is 4.39 Å². The SMILES string of the molecule is CCCC(C)C(C)(N)c1ccccc1F. The van der Waals surface area contributed by atoms with Crippen LogP contribution in [0, 0.1) is 11.7 Å². The molecule has 2 N–H and O–H groups in total. The highest BCUT2D eigenvalue weighted by Gasteiger charge is 2.30. The third-order valence-electron chi connectivity index (χ3n) is 3.20. The van der Waals surface area contributed by atoms with Crippen LogP contribution in [0.15, 0.2) is 24.3 Å². The Morgan fingerprint density at radius 3 is 2.53 bits per heavy atom. The van der Waals surface area contributed by atoms with Gasteiger partial charge in [-0.05, 0) is 25.3 Å². The van der Waals surface area contributed by atoms with Crippen LogP contribution in [0.25, 0.3) is 0 Å². The summed E-state index contributed by atoms with van der Waals surface area (Å²) >= 11 is 0. The van der Waals surface area contributed by atoms with Crippen molar-refractivity contribution in [1.82, 2.24) is 0 Å². The Bertz CT molecular complexity index is 320. The molecule has 0 radical (unpaired) electrons. The van der Waals surface area contributed by atoms with E-state index in [4.69, 9.17) is 5.73 Å². The lowest BCUT2D eigenvalue weighted by atomic mass is 9.79. The minimum Gasteiger partial charge on any atom is -0.321 e. The van der Waals surface area contributed by atoms with Crippen molar-refractivity contribution in [1.29, 1.82) is 0 Å². The van der Waals surface area contributed by atoms with Gasteiger partial charge in [-0.25, -0.2) is 4.39 Å². The highest BCUT2D eigenvalue weighted by molar-refractivity contribution is 5.25. The molecule has 2 unspecified atom stereocenters. The van der Waals surface area contributed by atoms with E-state index < -0.39 is 5.54 Å². The van der Waals surface area contributed by atoms with Gasteiger partial charge in [0, 0.05) is 11.1 Å². The van der Waals surface area contributed by atoms with E-state index in [-0.39, 0.29) is 11.7 Å². The van der Waals surface area contributed by atoms with Crippen LogP contribution in [0.2, 0.25) is 0 Å².